The van der Waals surface area contributed by atoms with Crippen molar-refractivity contribution >= 4 is 39.5 Å². The van der Waals surface area contributed by atoms with Crippen molar-refractivity contribution in [2.75, 3.05) is 12.5 Å². The van der Waals surface area contributed by atoms with Crippen LogP contribution in [0, 0.1) is 16.0 Å². The molecule has 0 spiro atoms. The molecule has 1 aromatic rings. The number of esters is 2. The van der Waals surface area contributed by atoms with E-state index in [0.717, 1.165) is 0 Å². The molecule has 180 valence electrons. The Balaban J connectivity index is 2.58. The highest BCUT2D eigenvalue weighted by Gasteiger charge is 2.43. The molecule has 0 radical (unpaired) electrons. The molecule has 2 atom stereocenters. The van der Waals surface area contributed by atoms with Crippen LogP contribution in [0.4, 0.5) is 5.69 Å². The Kier molecular flexibility index (Phi) is 8.18. The second kappa shape index (κ2) is 10.1. The third-order valence-corrected chi connectivity index (χ3v) is 7.05. The molecule has 0 aromatic heterocycles. The summed E-state index contributed by atoms with van der Waals surface area (Å²) in [6, 6.07) is 6.03. The number of rotatable bonds is 8. The lowest BCUT2D eigenvalue weighted by Gasteiger charge is -2.32. The lowest BCUT2D eigenvalue weighted by Crippen LogP contribution is -2.40. The summed E-state index contributed by atoms with van der Waals surface area (Å²) >= 11 is 0. The summed E-state index contributed by atoms with van der Waals surface area (Å²) in [4.78, 5) is 41.9. The van der Waals surface area contributed by atoms with E-state index in [2.05, 4.69) is 44.3 Å². The Morgan fingerprint density at radius 1 is 1.03 bits per heavy atom. The van der Waals surface area contributed by atoms with Crippen molar-refractivity contribution in [3.63, 3.8) is 0 Å². The Morgan fingerprint density at radius 2 is 1.61 bits per heavy atom. The number of hydrogen-bond donors (Lipinski definition) is 0. The number of ether oxygens (including phenoxy) is 2. The first-order valence-electron chi connectivity index (χ1n) is 10.9. The number of aliphatic imine (C=N–C) groups is 1. The number of non-ortho nitro benzene ring substituents is 1. The predicted octanol–water partition coefficient (Wildman–Crippen LogP) is 4.88. The number of nitro benzene ring substituents is 1. The van der Waals surface area contributed by atoms with Gasteiger partial charge in [-0.2, -0.15) is 0 Å². The Bertz CT molecular complexity index is 1000. The van der Waals surface area contributed by atoms with Crippen LogP contribution in [0.25, 0.3) is 0 Å². The number of nitro groups is 1. The van der Waals surface area contributed by atoms with E-state index in [-0.39, 0.29) is 11.3 Å². The van der Waals surface area contributed by atoms with E-state index in [0.29, 0.717) is 29.4 Å². The van der Waals surface area contributed by atoms with Gasteiger partial charge in [-0.05, 0) is 19.4 Å². The van der Waals surface area contributed by atoms with Crippen LogP contribution >= 0.6 is 0 Å². The summed E-state index contributed by atoms with van der Waals surface area (Å²) < 4.78 is 11.3. The van der Waals surface area contributed by atoms with E-state index in [9.17, 15) is 19.7 Å². The smallest absolute Gasteiger partial charge is 0.336 e. The number of benzene rings is 1. The SMILES string of the molecule is CC1=NC(C)=C(C(=O)OC[Si](C)(C)C)C(c2cccc([N+](=O)[O-])c2)C1C(=O)OC[Si](C)(C)C. The maximum Gasteiger partial charge on any atom is 0.336 e. The molecule has 33 heavy (non-hydrogen) atoms. The van der Waals surface area contributed by atoms with Gasteiger partial charge in [-0.25, -0.2) is 4.79 Å². The van der Waals surface area contributed by atoms with Crippen LogP contribution in [0.5, 0.6) is 0 Å². The molecule has 1 aliphatic heterocycles. The molecular weight excluding hydrogens is 456 g/mol. The van der Waals surface area contributed by atoms with Crippen molar-refractivity contribution in [2.45, 2.75) is 59.0 Å². The highest BCUT2D eigenvalue weighted by Crippen LogP contribution is 2.41. The van der Waals surface area contributed by atoms with Crippen LogP contribution in [0.1, 0.15) is 25.3 Å². The van der Waals surface area contributed by atoms with Gasteiger partial charge in [0.2, 0.25) is 0 Å². The molecule has 1 aromatic carbocycles. The third-order valence-electron chi connectivity index (χ3n) is 5.03. The van der Waals surface area contributed by atoms with Crippen molar-refractivity contribution in [1.82, 2.24) is 0 Å². The second-order valence-electron chi connectivity index (χ2n) is 10.9. The molecule has 0 amide bonds. The van der Waals surface area contributed by atoms with Crippen molar-refractivity contribution < 1.29 is 24.0 Å². The zero-order valence-corrected chi connectivity index (χ0v) is 22.7. The van der Waals surface area contributed by atoms with Gasteiger partial charge in [0.05, 0.1) is 39.1 Å². The maximum absolute atomic E-state index is 13.3. The van der Waals surface area contributed by atoms with Crippen molar-refractivity contribution in [1.29, 1.82) is 0 Å². The summed E-state index contributed by atoms with van der Waals surface area (Å²) in [7, 11) is -3.38. The van der Waals surface area contributed by atoms with Gasteiger partial charge in [-0.15, -0.1) is 0 Å². The van der Waals surface area contributed by atoms with Gasteiger partial charge < -0.3 is 9.47 Å². The van der Waals surface area contributed by atoms with E-state index in [1.54, 1.807) is 26.0 Å². The summed E-state index contributed by atoms with van der Waals surface area (Å²) in [5.74, 6) is -2.70. The van der Waals surface area contributed by atoms with Crippen molar-refractivity contribution in [3.05, 3.63) is 51.2 Å². The number of carbonyl (C=O) groups excluding carboxylic acids is 2. The van der Waals surface area contributed by atoms with Gasteiger partial charge in [0, 0.05) is 29.5 Å². The zero-order valence-electron chi connectivity index (χ0n) is 20.7. The first-order valence-corrected chi connectivity index (χ1v) is 18.4. The number of hydrogen-bond acceptors (Lipinski definition) is 7. The largest absolute Gasteiger partial charge is 0.469 e. The van der Waals surface area contributed by atoms with Crippen molar-refractivity contribution in [3.8, 4) is 0 Å². The standard InChI is InChI=1S/C23H34N2O6Si2/c1-15-19(22(26)30-13-32(3,4)5)21(17-10-9-11-18(12-17)25(28)29)20(16(2)24-15)23(27)31-14-33(6,7)8/h9-12,19,21H,13-14H2,1-8H3. The summed E-state index contributed by atoms with van der Waals surface area (Å²) in [5.41, 5.74) is 1.56. The molecule has 0 saturated heterocycles. The van der Waals surface area contributed by atoms with Gasteiger partial charge in [0.25, 0.3) is 5.69 Å². The van der Waals surface area contributed by atoms with E-state index in [1.807, 2.05) is 0 Å². The first kappa shape index (κ1) is 26.7. The van der Waals surface area contributed by atoms with Crippen LogP contribution in [0.15, 0.2) is 40.5 Å². The Hall–Kier alpha value is -2.60. The number of carbonyl (C=O) groups is 2. The van der Waals surface area contributed by atoms with Gasteiger partial charge >= 0.3 is 11.9 Å². The van der Waals surface area contributed by atoms with E-state index >= 15 is 0 Å². The quantitative estimate of drug-likeness (QED) is 0.222. The van der Waals surface area contributed by atoms with E-state index in [1.165, 1.54) is 12.1 Å². The fraction of sp³-hybridized carbons (Fsp3) is 0.522. The fourth-order valence-corrected chi connectivity index (χ4v) is 4.68. The van der Waals surface area contributed by atoms with Gasteiger partial charge in [-0.3, -0.25) is 19.9 Å². The molecule has 0 saturated carbocycles. The molecule has 2 unspecified atom stereocenters. The third kappa shape index (κ3) is 7.19. The first-order chi connectivity index (χ1) is 15.1. The van der Waals surface area contributed by atoms with Crippen LogP contribution in [0.3, 0.4) is 0 Å². The molecule has 0 bridgehead atoms. The van der Waals surface area contributed by atoms with Crippen LogP contribution in [-0.4, -0.2) is 51.2 Å². The topological polar surface area (TPSA) is 108 Å². The lowest BCUT2D eigenvalue weighted by molar-refractivity contribution is -0.384. The molecular formula is C23H34N2O6Si2. The van der Waals surface area contributed by atoms with Crippen LogP contribution < -0.4 is 0 Å². The highest BCUT2D eigenvalue weighted by molar-refractivity contribution is 6.76. The fourth-order valence-electron chi connectivity index (χ4n) is 3.54. The predicted molar refractivity (Wildman–Crippen MR) is 134 cm³/mol. The molecule has 0 fully saturated rings. The average molecular weight is 491 g/mol. The molecule has 10 heteroatoms. The minimum Gasteiger partial charge on any atom is -0.469 e. The molecule has 0 N–H and O–H groups in total. The minimum atomic E-state index is -1.69. The molecule has 8 nitrogen and oxygen atoms in total. The molecule has 1 heterocycles. The summed E-state index contributed by atoms with van der Waals surface area (Å²) in [6.45, 7) is 15.9. The zero-order chi connectivity index (χ0) is 25.1. The summed E-state index contributed by atoms with van der Waals surface area (Å²) in [5, 5.41) is 11.4. The van der Waals surface area contributed by atoms with Gasteiger partial charge in [0.15, 0.2) is 0 Å². The molecule has 0 aliphatic carbocycles. The Morgan fingerprint density at radius 3 is 2.15 bits per heavy atom. The van der Waals surface area contributed by atoms with Crippen molar-refractivity contribution in [2.24, 2.45) is 10.9 Å². The number of allylic oxidation sites excluding steroid dienone is 1. The van der Waals surface area contributed by atoms with E-state index in [4.69, 9.17) is 9.47 Å². The average Bonchev–Trinajstić information content (AvgIpc) is 2.68. The highest BCUT2D eigenvalue weighted by atomic mass is 28.3. The minimum absolute atomic E-state index is 0.116. The lowest BCUT2D eigenvalue weighted by atomic mass is 9.75. The van der Waals surface area contributed by atoms with E-state index < -0.39 is 44.8 Å². The summed E-state index contributed by atoms with van der Waals surface area (Å²) in [6.07, 6.45) is 0.646. The maximum atomic E-state index is 13.3. The monoisotopic (exact) mass is 490 g/mol. The normalized spacial score (nSPS) is 19.1. The Labute approximate surface area is 197 Å². The van der Waals surface area contributed by atoms with Gasteiger partial charge in [0.1, 0.15) is 5.92 Å². The molecule has 1 aliphatic rings. The van der Waals surface area contributed by atoms with Gasteiger partial charge in [-0.1, -0.05) is 51.4 Å². The van der Waals surface area contributed by atoms with Crippen LogP contribution in [-0.2, 0) is 19.1 Å². The second-order valence-corrected chi connectivity index (χ2v) is 21.7. The molecule has 2 rings (SSSR count). The number of nitrogens with zero attached hydrogens (tertiary/aromatic N) is 2. The van der Waals surface area contributed by atoms with Crippen LogP contribution in [0.2, 0.25) is 39.3 Å².